The molecule has 20 heavy (non-hydrogen) atoms. The summed E-state index contributed by atoms with van der Waals surface area (Å²) in [4.78, 5) is 26.9. The van der Waals surface area contributed by atoms with E-state index in [1.54, 1.807) is 12.0 Å². The van der Waals surface area contributed by atoms with Gasteiger partial charge in [0.2, 0.25) is 0 Å². The number of carbonyl (C=O) groups excluding carboxylic acids is 2. The quantitative estimate of drug-likeness (QED) is 0.864. The number of amides is 3. The monoisotopic (exact) mass is 293 g/mol. The molecule has 0 aromatic carbocycles. The van der Waals surface area contributed by atoms with Gasteiger partial charge in [0.1, 0.15) is 0 Å². The Kier molecular flexibility index (Phi) is 3.45. The van der Waals surface area contributed by atoms with Gasteiger partial charge in [0.15, 0.2) is 0 Å². The third-order valence-corrected chi connectivity index (χ3v) is 4.35. The van der Waals surface area contributed by atoms with Crippen LogP contribution in [-0.4, -0.2) is 43.6 Å². The predicted octanol–water partition coefficient (Wildman–Crippen LogP) is 0.845. The predicted molar refractivity (Wildman–Crippen MR) is 74.2 cm³/mol. The van der Waals surface area contributed by atoms with Crippen molar-refractivity contribution in [3.63, 3.8) is 0 Å². The molecule has 106 valence electrons. The molecule has 1 aromatic rings. The molecule has 0 radical (unpaired) electrons. The molecule has 3 rings (SSSR count). The number of urea groups is 1. The molecular formula is C13H15N3O3S. The Labute approximate surface area is 120 Å². The number of ether oxygens (including phenoxy) is 1. The van der Waals surface area contributed by atoms with Crippen molar-refractivity contribution in [2.45, 2.75) is 6.04 Å². The summed E-state index contributed by atoms with van der Waals surface area (Å²) >= 11 is 1.53. The van der Waals surface area contributed by atoms with Crippen LogP contribution in [0.5, 0.6) is 0 Å². The molecular weight excluding hydrogens is 278 g/mol. The standard InChI is InChI=1S/C13H15N3O3S/c1-19-5-4-16-7-8-10(12(16)17)11(15-13(18)14-8)9-3-2-6-20-9/h2-3,6,11H,4-5,7H2,1H3,(H2,14,15,18). The van der Waals surface area contributed by atoms with Gasteiger partial charge in [0, 0.05) is 18.5 Å². The number of rotatable bonds is 4. The normalized spacial score (nSPS) is 21.9. The zero-order valence-corrected chi connectivity index (χ0v) is 11.8. The Morgan fingerprint density at radius 1 is 1.50 bits per heavy atom. The van der Waals surface area contributed by atoms with E-state index >= 15 is 0 Å². The molecule has 3 amide bonds. The van der Waals surface area contributed by atoms with Gasteiger partial charge in [-0.3, -0.25) is 4.79 Å². The van der Waals surface area contributed by atoms with Crippen LogP contribution in [0.1, 0.15) is 10.9 Å². The van der Waals surface area contributed by atoms with Crippen molar-refractivity contribution in [2.24, 2.45) is 0 Å². The molecule has 1 atom stereocenters. The highest BCUT2D eigenvalue weighted by Crippen LogP contribution is 2.34. The van der Waals surface area contributed by atoms with Gasteiger partial charge in [-0.1, -0.05) is 6.07 Å². The molecule has 7 heteroatoms. The maximum Gasteiger partial charge on any atom is 0.319 e. The van der Waals surface area contributed by atoms with Crippen LogP contribution in [0.2, 0.25) is 0 Å². The number of carbonyl (C=O) groups is 2. The van der Waals surface area contributed by atoms with Gasteiger partial charge >= 0.3 is 6.03 Å². The van der Waals surface area contributed by atoms with Crippen LogP contribution in [0.15, 0.2) is 28.8 Å². The Bertz CT molecular complexity index is 567. The van der Waals surface area contributed by atoms with Crippen LogP contribution in [-0.2, 0) is 9.53 Å². The number of thiophene rings is 1. The van der Waals surface area contributed by atoms with E-state index in [1.807, 2.05) is 17.5 Å². The average molecular weight is 293 g/mol. The first-order valence-electron chi connectivity index (χ1n) is 6.33. The molecule has 6 nitrogen and oxygen atoms in total. The van der Waals surface area contributed by atoms with Crippen molar-refractivity contribution >= 4 is 23.3 Å². The van der Waals surface area contributed by atoms with Crippen LogP contribution in [0.25, 0.3) is 0 Å². The van der Waals surface area contributed by atoms with Gasteiger partial charge in [0.25, 0.3) is 5.91 Å². The van der Waals surface area contributed by atoms with Crippen molar-refractivity contribution in [1.82, 2.24) is 15.5 Å². The van der Waals surface area contributed by atoms with Crippen LogP contribution < -0.4 is 10.6 Å². The third-order valence-electron chi connectivity index (χ3n) is 3.41. The van der Waals surface area contributed by atoms with Gasteiger partial charge in [-0.15, -0.1) is 11.3 Å². The molecule has 0 saturated heterocycles. The van der Waals surface area contributed by atoms with E-state index in [0.29, 0.717) is 31.0 Å². The van der Waals surface area contributed by atoms with Gasteiger partial charge in [-0.2, -0.15) is 0 Å². The van der Waals surface area contributed by atoms with Crippen LogP contribution >= 0.6 is 11.3 Å². The molecule has 3 heterocycles. The average Bonchev–Trinajstić information content (AvgIpc) is 3.04. The third kappa shape index (κ3) is 2.19. The van der Waals surface area contributed by atoms with Crippen molar-refractivity contribution in [3.8, 4) is 0 Å². The van der Waals surface area contributed by atoms with E-state index in [-0.39, 0.29) is 18.0 Å². The Morgan fingerprint density at radius 2 is 2.35 bits per heavy atom. The fourth-order valence-corrected chi connectivity index (χ4v) is 3.26. The molecule has 1 aromatic heterocycles. The molecule has 0 bridgehead atoms. The Hall–Kier alpha value is -1.86. The second kappa shape index (κ2) is 5.26. The maximum absolute atomic E-state index is 12.5. The maximum atomic E-state index is 12.5. The van der Waals surface area contributed by atoms with E-state index in [9.17, 15) is 9.59 Å². The topological polar surface area (TPSA) is 70.7 Å². The summed E-state index contributed by atoms with van der Waals surface area (Å²) in [7, 11) is 1.60. The van der Waals surface area contributed by atoms with Gasteiger partial charge in [-0.05, 0) is 11.4 Å². The largest absolute Gasteiger partial charge is 0.383 e. The van der Waals surface area contributed by atoms with E-state index in [2.05, 4.69) is 10.6 Å². The lowest BCUT2D eigenvalue weighted by Crippen LogP contribution is -2.44. The summed E-state index contributed by atoms with van der Waals surface area (Å²) in [6, 6.07) is 3.23. The second-order valence-electron chi connectivity index (χ2n) is 4.66. The van der Waals surface area contributed by atoms with Gasteiger partial charge in [-0.25, -0.2) is 4.79 Å². The summed E-state index contributed by atoms with van der Waals surface area (Å²) in [6.07, 6.45) is 0. The van der Waals surface area contributed by atoms with E-state index < -0.39 is 0 Å². The Morgan fingerprint density at radius 3 is 3.05 bits per heavy atom. The Balaban J connectivity index is 1.88. The smallest absolute Gasteiger partial charge is 0.319 e. The van der Waals surface area contributed by atoms with E-state index in [4.69, 9.17) is 4.74 Å². The molecule has 0 saturated carbocycles. The highest BCUT2D eigenvalue weighted by atomic mass is 32.1. The highest BCUT2D eigenvalue weighted by Gasteiger charge is 2.40. The van der Waals surface area contributed by atoms with Crippen molar-refractivity contribution < 1.29 is 14.3 Å². The fourth-order valence-electron chi connectivity index (χ4n) is 2.48. The minimum atomic E-state index is -0.348. The zero-order valence-electron chi connectivity index (χ0n) is 11.0. The summed E-state index contributed by atoms with van der Waals surface area (Å²) in [5.41, 5.74) is 1.34. The lowest BCUT2D eigenvalue weighted by molar-refractivity contribution is -0.126. The molecule has 2 aliphatic heterocycles. The van der Waals surface area contributed by atoms with Crippen LogP contribution in [0.4, 0.5) is 4.79 Å². The number of hydrogen-bond donors (Lipinski definition) is 2. The minimum Gasteiger partial charge on any atom is -0.383 e. The van der Waals surface area contributed by atoms with Crippen molar-refractivity contribution in [3.05, 3.63) is 33.7 Å². The van der Waals surface area contributed by atoms with Crippen LogP contribution in [0.3, 0.4) is 0 Å². The molecule has 2 aliphatic rings. The lowest BCUT2D eigenvalue weighted by Gasteiger charge is -2.24. The lowest BCUT2D eigenvalue weighted by atomic mass is 10.0. The van der Waals surface area contributed by atoms with Gasteiger partial charge in [0.05, 0.1) is 30.5 Å². The van der Waals surface area contributed by atoms with Crippen molar-refractivity contribution in [1.29, 1.82) is 0 Å². The minimum absolute atomic E-state index is 0.0389. The first-order chi connectivity index (χ1) is 9.70. The summed E-state index contributed by atoms with van der Waals surface area (Å²) in [5, 5.41) is 7.50. The number of nitrogens with one attached hydrogen (secondary N) is 2. The van der Waals surface area contributed by atoms with Crippen LogP contribution in [0, 0.1) is 0 Å². The summed E-state index contributed by atoms with van der Waals surface area (Å²) in [5.74, 6) is -0.0389. The molecule has 0 spiro atoms. The second-order valence-corrected chi connectivity index (χ2v) is 5.64. The molecule has 0 fully saturated rings. The van der Waals surface area contributed by atoms with Crippen molar-refractivity contribution in [2.75, 3.05) is 26.8 Å². The number of nitrogens with zero attached hydrogens (tertiary/aromatic N) is 1. The SMILES string of the molecule is COCCN1CC2=C(C1=O)C(c1cccs1)NC(=O)N2. The molecule has 1 unspecified atom stereocenters. The van der Waals surface area contributed by atoms with E-state index in [0.717, 1.165) is 4.88 Å². The fraction of sp³-hybridized carbons (Fsp3) is 0.385. The highest BCUT2D eigenvalue weighted by molar-refractivity contribution is 7.10. The first-order valence-corrected chi connectivity index (χ1v) is 7.21. The molecule has 0 aliphatic carbocycles. The number of methoxy groups -OCH3 is 1. The van der Waals surface area contributed by atoms with E-state index in [1.165, 1.54) is 11.3 Å². The summed E-state index contributed by atoms with van der Waals surface area (Å²) < 4.78 is 5.01. The number of hydrogen-bond acceptors (Lipinski definition) is 4. The van der Waals surface area contributed by atoms with Gasteiger partial charge < -0.3 is 20.3 Å². The zero-order chi connectivity index (χ0) is 14.1. The first kappa shape index (κ1) is 13.1. The molecule has 2 N–H and O–H groups in total. The summed E-state index contributed by atoms with van der Waals surface area (Å²) in [6.45, 7) is 1.44.